The molecule has 6 aliphatic heterocycles. The molecule has 18 unspecified atom stereocenters. The van der Waals surface area contributed by atoms with Gasteiger partial charge in [0.1, 0.15) is 36.6 Å². The van der Waals surface area contributed by atoms with E-state index in [1.165, 1.54) is 30.6 Å². The smallest absolute Gasteiger partial charge is 0.394 e. The van der Waals surface area contributed by atoms with Crippen molar-refractivity contribution in [2.75, 3.05) is 79.1 Å². The molecule has 0 radical (unpaired) electrons. The van der Waals surface area contributed by atoms with E-state index in [9.17, 15) is 88.7 Å². The number of unbranched alkanes of at least 4 members (excludes halogenated alkanes) is 3. The summed E-state index contributed by atoms with van der Waals surface area (Å²) in [7, 11) is -14.8. The van der Waals surface area contributed by atoms with Crippen LogP contribution in [0.25, 0.3) is 0 Å². The zero-order valence-electron chi connectivity index (χ0n) is 53.5. The van der Waals surface area contributed by atoms with Crippen molar-refractivity contribution < 1.29 is 144 Å². The molecule has 36 heteroatoms. The minimum atomic E-state index is -5.11. The van der Waals surface area contributed by atoms with E-state index in [0.717, 1.165) is 0 Å². The molecule has 0 aromatic heterocycles. The van der Waals surface area contributed by atoms with Crippen molar-refractivity contribution in [3.63, 3.8) is 0 Å². The second kappa shape index (κ2) is 35.8. The highest BCUT2D eigenvalue weighted by molar-refractivity contribution is 7.48. The number of amides is 3. The van der Waals surface area contributed by atoms with Gasteiger partial charge in [-0.1, -0.05) is 27.7 Å². The van der Waals surface area contributed by atoms with Gasteiger partial charge in [-0.15, -0.1) is 0 Å². The Bertz CT molecular complexity index is 2450. The highest BCUT2D eigenvalue weighted by atomic mass is 31.2. The summed E-state index contributed by atoms with van der Waals surface area (Å²) in [6, 6.07) is -2.65. The fourth-order valence-electron chi connectivity index (χ4n) is 12.2. The molecule has 33 nitrogen and oxygen atoms in total. The SMILES string of the molecule is CC1C(OCCCCC(=O)N2C[C@H](C)C[C@H]2COP(=O)(O)O[C@@H]2C[C@@H](COP(=O)(O)O[C@@H]3C[C@@H](COP(=O)(O)OC(C)(C)C)N(C(=O)CCCCOC4OC(CO)C(O)C(O)C4C)C3)N(C(=O)CCCCOC3OC(CO)C(O)C(O)C3C)C2)OC(CO)C(O)C1O. The molecule has 0 spiro atoms. The lowest BCUT2D eigenvalue weighted by molar-refractivity contribution is -0.282. The molecule has 12 N–H and O–H groups in total. The lowest BCUT2D eigenvalue weighted by Gasteiger charge is -2.40. The van der Waals surface area contributed by atoms with E-state index in [4.69, 9.17) is 55.6 Å². The zero-order valence-corrected chi connectivity index (χ0v) is 56.2. The zero-order chi connectivity index (χ0) is 68.0. The first kappa shape index (κ1) is 79.1. The molecule has 6 heterocycles. The van der Waals surface area contributed by atoms with Crippen LogP contribution in [-0.2, 0) is 83.6 Å². The fraction of sp³-hybridized carbons (Fsp3) is 0.946. The van der Waals surface area contributed by atoms with Gasteiger partial charge in [0, 0.05) is 76.5 Å². The molecule has 0 aromatic rings. The van der Waals surface area contributed by atoms with Crippen LogP contribution in [-0.4, -0.2) is 282 Å². The lowest BCUT2D eigenvalue weighted by Crippen LogP contribution is -2.55. The average Bonchev–Trinajstić information content (AvgIpc) is 1.35. The topological polar surface area (TPSA) is 466 Å². The van der Waals surface area contributed by atoms with Gasteiger partial charge in [-0.3, -0.25) is 41.5 Å². The van der Waals surface area contributed by atoms with Gasteiger partial charge in [0.2, 0.25) is 17.7 Å². The monoisotopic (exact) mass is 1390 g/mol. The summed E-state index contributed by atoms with van der Waals surface area (Å²) in [5, 5.41) is 90.5. The average molecular weight is 1390 g/mol. The number of hydrogen-bond acceptors (Lipinski definition) is 27. The summed E-state index contributed by atoms with van der Waals surface area (Å²) in [5.74, 6) is -3.12. The quantitative estimate of drug-likeness (QED) is 0.0297. The molecule has 6 saturated heterocycles. The number of aliphatic hydroxyl groups is 9. The molecular weight excluding hydrogens is 1290 g/mol. The molecule has 6 rings (SSSR count). The summed E-state index contributed by atoms with van der Waals surface area (Å²) >= 11 is 0. The standard InChI is InChI=1S/C56H102N3O30P3/c1-32-20-36(57(23-32)44(63)14-8-11-17-78-53-33(2)47(66)50(69)41(26-60)84-53)29-81-90(72,73)87-39-21-37(58(24-39)45(64)15-9-12-18-79-54-34(3)48(67)51(70)42(27-61)85-54)30-82-91(74,75)88-40-22-38(31-83-92(76,77)89-56(5,6)7)59(25-40)46(65)16-10-13-19-80-55-35(4)49(68)52(71)43(28-62)86-55/h32-43,47-55,60-62,66-71H,8-31H2,1-7H3,(H,72,73)(H,74,75)(H,76,77)/t32-,33?,34?,35?,36+,37+,38+,39-,40-,41?,42?,43?,47?,48?,49?,50?,51?,52?,53?,54?,55?/m1/s1. The molecular formula is C56H102N3O30P3. The second-order valence-corrected chi connectivity index (χ2v) is 30.2. The summed E-state index contributed by atoms with van der Waals surface area (Å²) in [6.45, 7) is 8.09. The summed E-state index contributed by atoms with van der Waals surface area (Å²) < 4.78 is 108. The van der Waals surface area contributed by atoms with E-state index in [1.807, 2.05) is 6.92 Å². The molecule has 0 bridgehead atoms. The third-order valence-corrected chi connectivity index (χ3v) is 20.7. The van der Waals surface area contributed by atoms with Crippen LogP contribution in [0, 0.1) is 23.7 Å². The maximum Gasteiger partial charge on any atom is 0.472 e. The highest BCUT2D eigenvalue weighted by Crippen LogP contribution is 2.51. The number of ether oxygens (including phenoxy) is 6. The van der Waals surface area contributed by atoms with Crippen molar-refractivity contribution in [3.05, 3.63) is 0 Å². The molecule has 6 fully saturated rings. The Morgan fingerprint density at radius 3 is 1.08 bits per heavy atom. The Balaban J connectivity index is 1.05. The molecule has 92 heavy (non-hydrogen) atoms. The predicted octanol–water partition coefficient (Wildman–Crippen LogP) is 0.148. The van der Waals surface area contributed by atoms with Gasteiger partial charge in [0.05, 0.1) is 93.9 Å². The van der Waals surface area contributed by atoms with Gasteiger partial charge >= 0.3 is 23.5 Å². The van der Waals surface area contributed by atoms with Crippen LogP contribution < -0.4 is 0 Å². The van der Waals surface area contributed by atoms with Gasteiger partial charge in [0.25, 0.3) is 0 Å². The largest absolute Gasteiger partial charge is 0.472 e. The number of nitrogens with zero attached hydrogens (tertiary/aromatic N) is 3. The number of carbonyl (C=O) groups excluding carboxylic acids is 3. The van der Waals surface area contributed by atoms with Crippen LogP contribution in [0.1, 0.15) is 126 Å². The second-order valence-electron chi connectivity index (χ2n) is 26.0. The Morgan fingerprint density at radius 1 is 0.457 bits per heavy atom. The third-order valence-electron chi connectivity index (χ3n) is 17.3. The van der Waals surface area contributed by atoms with Gasteiger partial charge in [-0.25, -0.2) is 13.7 Å². The van der Waals surface area contributed by atoms with Crippen molar-refractivity contribution in [3.8, 4) is 0 Å². The first-order valence-corrected chi connectivity index (χ1v) is 36.3. The maximum absolute atomic E-state index is 14.0. The Hall–Kier alpha value is -1.86. The van der Waals surface area contributed by atoms with Crippen LogP contribution in [0.4, 0.5) is 0 Å². The molecule has 0 aromatic carbocycles. The fourth-order valence-corrected chi connectivity index (χ4v) is 15.2. The minimum Gasteiger partial charge on any atom is -0.394 e. The third kappa shape index (κ3) is 23.1. The van der Waals surface area contributed by atoms with E-state index >= 15 is 0 Å². The van der Waals surface area contributed by atoms with Crippen molar-refractivity contribution in [2.45, 2.75) is 235 Å². The first-order valence-electron chi connectivity index (χ1n) is 31.8. The van der Waals surface area contributed by atoms with Crippen molar-refractivity contribution >= 4 is 41.2 Å². The van der Waals surface area contributed by atoms with Crippen LogP contribution in [0.15, 0.2) is 0 Å². The number of rotatable bonds is 35. The maximum atomic E-state index is 14.0. The van der Waals surface area contributed by atoms with E-state index in [1.54, 1.807) is 25.7 Å². The van der Waals surface area contributed by atoms with Gasteiger partial charge in [-0.2, -0.15) is 0 Å². The van der Waals surface area contributed by atoms with Crippen LogP contribution >= 0.6 is 23.5 Å². The van der Waals surface area contributed by atoms with Crippen molar-refractivity contribution in [1.82, 2.24) is 14.7 Å². The molecule has 536 valence electrons. The summed E-state index contributed by atoms with van der Waals surface area (Å²) in [6.07, 6.45) is -14.2. The number of aliphatic hydroxyl groups excluding tert-OH is 9. The van der Waals surface area contributed by atoms with Gasteiger partial charge in [0.15, 0.2) is 18.9 Å². The molecule has 6 aliphatic rings. The number of likely N-dealkylation sites (tertiary alicyclic amines) is 3. The number of phosphoric ester groups is 3. The Labute approximate surface area is 536 Å². The van der Waals surface area contributed by atoms with E-state index in [2.05, 4.69) is 0 Å². The van der Waals surface area contributed by atoms with E-state index in [0.29, 0.717) is 32.2 Å². The molecule has 3 amide bonds. The normalized spacial score (nSPS) is 36.7. The molecule has 0 saturated carbocycles. The van der Waals surface area contributed by atoms with Crippen LogP contribution in [0.2, 0.25) is 0 Å². The number of phosphoric acid groups is 3. The van der Waals surface area contributed by atoms with E-state index in [-0.39, 0.29) is 103 Å². The summed E-state index contributed by atoms with van der Waals surface area (Å²) in [4.78, 5) is 78.4. The lowest BCUT2D eigenvalue weighted by atomic mass is 9.92. The summed E-state index contributed by atoms with van der Waals surface area (Å²) in [5.41, 5.74) is -1.11. The van der Waals surface area contributed by atoms with Gasteiger partial charge < -0.3 is 104 Å². The molecule has 0 aliphatic carbocycles. The van der Waals surface area contributed by atoms with Crippen LogP contribution in [0.3, 0.4) is 0 Å². The predicted molar refractivity (Wildman–Crippen MR) is 318 cm³/mol. The number of carbonyl (C=O) groups is 3. The van der Waals surface area contributed by atoms with Crippen molar-refractivity contribution in [2.24, 2.45) is 23.7 Å². The Kier molecular flexibility index (Phi) is 30.8. The van der Waals surface area contributed by atoms with Gasteiger partial charge in [-0.05, 0) is 84.5 Å². The van der Waals surface area contributed by atoms with Crippen molar-refractivity contribution in [1.29, 1.82) is 0 Å². The minimum absolute atomic E-state index is 0.0113. The Morgan fingerprint density at radius 2 is 0.761 bits per heavy atom. The van der Waals surface area contributed by atoms with E-state index < -0.39 is 196 Å². The molecule has 24 atom stereocenters. The highest BCUT2D eigenvalue weighted by Gasteiger charge is 2.48. The van der Waals surface area contributed by atoms with Crippen LogP contribution in [0.5, 0.6) is 0 Å². The first-order chi connectivity index (χ1) is 43.2. The number of hydrogen-bond donors (Lipinski definition) is 12.